The van der Waals surface area contributed by atoms with Gasteiger partial charge in [0, 0.05) is 17.8 Å². The van der Waals surface area contributed by atoms with Gasteiger partial charge in [-0.15, -0.1) is 0 Å². The minimum atomic E-state index is -0.152. The van der Waals surface area contributed by atoms with E-state index in [1.807, 2.05) is 0 Å². The van der Waals surface area contributed by atoms with E-state index in [0.717, 1.165) is 18.6 Å². The highest BCUT2D eigenvalue weighted by Crippen LogP contribution is 2.39. The lowest BCUT2D eigenvalue weighted by Crippen LogP contribution is -2.17. The van der Waals surface area contributed by atoms with Crippen LogP contribution in [0.4, 0.5) is 5.69 Å². The summed E-state index contributed by atoms with van der Waals surface area (Å²) in [6.45, 7) is 0.145. The van der Waals surface area contributed by atoms with Crippen molar-refractivity contribution in [2.75, 3.05) is 12.4 Å². The van der Waals surface area contributed by atoms with Gasteiger partial charge in [-0.05, 0) is 37.1 Å². The fourth-order valence-electron chi connectivity index (χ4n) is 2.44. The van der Waals surface area contributed by atoms with Crippen molar-refractivity contribution in [3.8, 4) is 17.3 Å². The van der Waals surface area contributed by atoms with Crippen molar-refractivity contribution in [2.45, 2.75) is 25.3 Å². The molecule has 2 aromatic heterocycles. The Morgan fingerprint density at radius 1 is 1.36 bits per heavy atom. The van der Waals surface area contributed by atoms with Gasteiger partial charge < -0.3 is 19.1 Å². The molecule has 25 heavy (non-hydrogen) atoms. The summed E-state index contributed by atoms with van der Waals surface area (Å²) >= 11 is 0. The molecule has 1 N–H and O–H groups in total. The lowest BCUT2D eigenvalue weighted by molar-refractivity contribution is -0.116. The maximum atomic E-state index is 12.1. The number of hydrogen-bond donors (Lipinski definition) is 1. The van der Waals surface area contributed by atoms with Gasteiger partial charge in [-0.2, -0.15) is 4.98 Å². The molecule has 128 valence electrons. The van der Waals surface area contributed by atoms with Crippen molar-refractivity contribution in [3.05, 3.63) is 42.7 Å². The Labute approximate surface area is 143 Å². The molecule has 1 aromatic carbocycles. The summed E-state index contributed by atoms with van der Waals surface area (Å²) < 4.78 is 12.0. The standard InChI is InChI=1S/C17H17N5O3/c1-24-13-6-4-12(5-7-13)19-15(23)9-22-8-14(18-10-22)16-20-17(25-21-16)11-2-3-11/h4-8,10-11H,2-3,9H2,1H3,(H,19,23). The highest BCUT2D eigenvalue weighted by Gasteiger charge is 2.30. The molecule has 1 fully saturated rings. The topological polar surface area (TPSA) is 95.1 Å². The molecule has 3 aromatic rings. The second-order valence-corrected chi connectivity index (χ2v) is 5.94. The Morgan fingerprint density at radius 2 is 2.16 bits per heavy atom. The third-order valence-electron chi connectivity index (χ3n) is 3.93. The second-order valence-electron chi connectivity index (χ2n) is 5.94. The van der Waals surface area contributed by atoms with Crippen LogP contribution in [-0.2, 0) is 11.3 Å². The molecule has 8 heteroatoms. The number of hydrogen-bond acceptors (Lipinski definition) is 6. The fraction of sp³-hybridized carbons (Fsp3) is 0.294. The molecule has 0 atom stereocenters. The van der Waals surface area contributed by atoms with E-state index in [0.29, 0.717) is 29.0 Å². The van der Waals surface area contributed by atoms with E-state index in [1.165, 1.54) is 0 Å². The molecule has 1 aliphatic rings. The number of rotatable bonds is 6. The van der Waals surface area contributed by atoms with Crippen LogP contribution in [0.2, 0.25) is 0 Å². The quantitative estimate of drug-likeness (QED) is 0.741. The molecule has 0 saturated heterocycles. The molecule has 0 aliphatic heterocycles. The largest absolute Gasteiger partial charge is 0.497 e. The first-order chi connectivity index (χ1) is 12.2. The van der Waals surface area contributed by atoms with Crippen LogP contribution < -0.4 is 10.1 Å². The Kier molecular flexibility index (Phi) is 3.93. The zero-order chi connectivity index (χ0) is 17.2. The van der Waals surface area contributed by atoms with E-state index in [9.17, 15) is 4.79 Å². The van der Waals surface area contributed by atoms with Gasteiger partial charge in [0.1, 0.15) is 18.0 Å². The van der Waals surface area contributed by atoms with Gasteiger partial charge in [-0.3, -0.25) is 4.79 Å². The van der Waals surface area contributed by atoms with E-state index < -0.39 is 0 Å². The highest BCUT2D eigenvalue weighted by molar-refractivity contribution is 5.90. The van der Waals surface area contributed by atoms with Gasteiger partial charge in [0.15, 0.2) is 0 Å². The summed E-state index contributed by atoms with van der Waals surface area (Å²) in [6.07, 6.45) is 5.51. The van der Waals surface area contributed by atoms with Crippen molar-refractivity contribution in [1.29, 1.82) is 0 Å². The summed E-state index contributed by atoms with van der Waals surface area (Å²) in [5.74, 6) is 2.11. The first-order valence-corrected chi connectivity index (χ1v) is 8.01. The van der Waals surface area contributed by atoms with E-state index in [2.05, 4.69) is 20.4 Å². The van der Waals surface area contributed by atoms with Crippen molar-refractivity contribution in [3.63, 3.8) is 0 Å². The Morgan fingerprint density at radius 3 is 2.88 bits per heavy atom. The average Bonchev–Trinajstić information content (AvgIpc) is 3.17. The Hall–Kier alpha value is -3.16. The average molecular weight is 339 g/mol. The molecule has 0 spiro atoms. The van der Waals surface area contributed by atoms with E-state index in [1.54, 1.807) is 48.5 Å². The van der Waals surface area contributed by atoms with Gasteiger partial charge in [-0.1, -0.05) is 5.16 Å². The molecule has 0 bridgehead atoms. The van der Waals surface area contributed by atoms with Crippen LogP contribution in [0.1, 0.15) is 24.7 Å². The SMILES string of the molecule is COc1ccc(NC(=O)Cn2cnc(-c3noc(C4CC4)n3)c2)cc1. The lowest BCUT2D eigenvalue weighted by atomic mass is 10.3. The molecule has 1 saturated carbocycles. The van der Waals surface area contributed by atoms with Crippen LogP contribution >= 0.6 is 0 Å². The maximum absolute atomic E-state index is 12.1. The molecule has 1 aliphatic carbocycles. The number of aromatic nitrogens is 4. The highest BCUT2D eigenvalue weighted by atomic mass is 16.5. The fourth-order valence-corrected chi connectivity index (χ4v) is 2.44. The van der Waals surface area contributed by atoms with E-state index >= 15 is 0 Å². The van der Waals surface area contributed by atoms with Crippen LogP contribution in [0.5, 0.6) is 5.75 Å². The third-order valence-corrected chi connectivity index (χ3v) is 3.93. The molecule has 2 heterocycles. The maximum Gasteiger partial charge on any atom is 0.244 e. The van der Waals surface area contributed by atoms with E-state index in [-0.39, 0.29) is 12.5 Å². The number of anilines is 1. The Balaban J connectivity index is 1.38. The van der Waals surface area contributed by atoms with Crippen LogP contribution in [0.3, 0.4) is 0 Å². The van der Waals surface area contributed by atoms with Gasteiger partial charge in [0.2, 0.25) is 17.6 Å². The summed E-state index contributed by atoms with van der Waals surface area (Å²) in [4.78, 5) is 20.7. The summed E-state index contributed by atoms with van der Waals surface area (Å²) in [7, 11) is 1.60. The molecule has 0 unspecified atom stereocenters. The number of ether oxygens (including phenoxy) is 1. The van der Waals surface area contributed by atoms with Gasteiger partial charge in [0.05, 0.1) is 13.4 Å². The van der Waals surface area contributed by atoms with Crippen LogP contribution in [0.25, 0.3) is 11.5 Å². The monoisotopic (exact) mass is 339 g/mol. The first-order valence-electron chi connectivity index (χ1n) is 8.01. The predicted octanol–water partition coefficient (Wildman–Crippen LogP) is 2.46. The summed E-state index contributed by atoms with van der Waals surface area (Å²) in [6, 6.07) is 7.15. The number of imidazole rings is 1. The summed E-state index contributed by atoms with van der Waals surface area (Å²) in [5, 5.41) is 6.78. The van der Waals surface area contributed by atoms with Crippen molar-refractivity contribution in [1.82, 2.24) is 19.7 Å². The molecule has 8 nitrogen and oxygen atoms in total. The minimum Gasteiger partial charge on any atom is -0.497 e. The number of nitrogens with one attached hydrogen (secondary N) is 1. The van der Waals surface area contributed by atoms with E-state index in [4.69, 9.17) is 9.26 Å². The molecule has 0 radical (unpaired) electrons. The molecule has 1 amide bonds. The molecular formula is C17H17N5O3. The number of benzene rings is 1. The van der Waals surface area contributed by atoms with Crippen molar-refractivity contribution in [2.24, 2.45) is 0 Å². The lowest BCUT2D eigenvalue weighted by Gasteiger charge is -2.06. The number of amides is 1. The Bertz CT molecular complexity index is 880. The van der Waals surface area contributed by atoms with Crippen LogP contribution in [0.15, 0.2) is 41.3 Å². The number of nitrogens with zero attached hydrogens (tertiary/aromatic N) is 4. The van der Waals surface area contributed by atoms with Gasteiger partial charge >= 0.3 is 0 Å². The van der Waals surface area contributed by atoms with Crippen molar-refractivity contribution < 1.29 is 14.1 Å². The second kappa shape index (κ2) is 6.39. The van der Waals surface area contributed by atoms with Gasteiger partial charge in [-0.25, -0.2) is 4.98 Å². The molecular weight excluding hydrogens is 322 g/mol. The number of carbonyl (C=O) groups is 1. The number of methoxy groups -OCH3 is 1. The first kappa shape index (κ1) is 15.4. The summed E-state index contributed by atoms with van der Waals surface area (Å²) in [5.41, 5.74) is 1.30. The number of carbonyl (C=O) groups excluding carboxylic acids is 1. The third kappa shape index (κ3) is 3.52. The zero-order valence-corrected chi connectivity index (χ0v) is 13.7. The zero-order valence-electron chi connectivity index (χ0n) is 13.7. The normalized spacial score (nSPS) is 13.6. The van der Waals surface area contributed by atoms with Crippen LogP contribution in [-0.4, -0.2) is 32.7 Å². The molecule has 4 rings (SSSR count). The minimum absolute atomic E-state index is 0.145. The predicted molar refractivity (Wildman–Crippen MR) is 89.1 cm³/mol. The van der Waals surface area contributed by atoms with Crippen LogP contribution in [0, 0.1) is 0 Å². The van der Waals surface area contributed by atoms with Crippen molar-refractivity contribution >= 4 is 11.6 Å². The van der Waals surface area contributed by atoms with Gasteiger partial charge in [0.25, 0.3) is 0 Å². The smallest absolute Gasteiger partial charge is 0.244 e.